The largest absolute Gasteiger partial charge is 0.481 e. The van der Waals surface area contributed by atoms with Crippen LogP contribution in [0.4, 0.5) is 0 Å². The third kappa shape index (κ3) is 3.85. The van der Waals surface area contributed by atoms with Crippen molar-refractivity contribution in [3.05, 3.63) is 46.7 Å². The fraction of sp³-hybridized carbons (Fsp3) is 0.389. The van der Waals surface area contributed by atoms with Crippen molar-refractivity contribution >= 4 is 23.5 Å². The van der Waals surface area contributed by atoms with E-state index >= 15 is 0 Å². The van der Waals surface area contributed by atoms with Crippen LogP contribution in [0.1, 0.15) is 41.7 Å². The Bertz CT molecular complexity index is 777. The van der Waals surface area contributed by atoms with Crippen LogP contribution in [0.15, 0.2) is 30.5 Å². The Morgan fingerprint density at radius 3 is 2.44 bits per heavy atom. The third-order valence-corrected chi connectivity index (χ3v) is 4.99. The fourth-order valence-corrected chi connectivity index (χ4v) is 3.35. The van der Waals surface area contributed by atoms with Gasteiger partial charge in [0.05, 0.1) is 29.1 Å². The van der Waals surface area contributed by atoms with E-state index < -0.39 is 5.97 Å². The Labute approximate surface area is 150 Å². The summed E-state index contributed by atoms with van der Waals surface area (Å²) in [5.74, 6) is -1.20. The van der Waals surface area contributed by atoms with Gasteiger partial charge in [0.2, 0.25) is 0 Å². The van der Waals surface area contributed by atoms with Crippen LogP contribution in [0.5, 0.6) is 0 Å². The van der Waals surface area contributed by atoms with Gasteiger partial charge in [0, 0.05) is 11.1 Å². The molecule has 6 nitrogen and oxygen atoms in total. The highest BCUT2D eigenvalue weighted by atomic mass is 35.5. The van der Waals surface area contributed by atoms with Gasteiger partial charge >= 0.3 is 5.97 Å². The van der Waals surface area contributed by atoms with Gasteiger partial charge in [-0.2, -0.15) is 5.10 Å². The zero-order valence-corrected chi connectivity index (χ0v) is 14.7. The molecule has 1 amide bonds. The number of amides is 1. The lowest BCUT2D eigenvalue weighted by molar-refractivity contribution is -0.142. The van der Waals surface area contributed by atoms with Crippen molar-refractivity contribution in [2.45, 2.75) is 38.6 Å². The molecule has 25 heavy (non-hydrogen) atoms. The minimum Gasteiger partial charge on any atom is -0.481 e. The summed E-state index contributed by atoms with van der Waals surface area (Å²) in [6.45, 7) is 1.85. The molecule has 2 aromatic rings. The molecule has 0 bridgehead atoms. The van der Waals surface area contributed by atoms with Crippen molar-refractivity contribution in [1.82, 2.24) is 15.1 Å². The highest BCUT2D eigenvalue weighted by Gasteiger charge is 2.27. The Morgan fingerprint density at radius 1 is 1.20 bits per heavy atom. The van der Waals surface area contributed by atoms with Gasteiger partial charge in [-0.25, -0.2) is 4.68 Å². The molecule has 1 aromatic heterocycles. The van der Waals surface area contributed by atoms with Gasteiger partial charge in [-0.15, -0.1) is 0 Å². The van der Waals surface area contributed by atoms with Crippen molar-refractivity contribution in [2.24, 2.45) is 5.92 Å². The van der Waals surface area contributed by atoms with Gasteiger partial charge in [0.1, 0.15) is 0 Å². The number of aliphatic carboxylic acids is 1. The fourth-order valence-electron chi connectivity index (χ4n) is 3.22. The number of aromatic nitrogens is 2. The normalized spacial score (nSPS) is 20.2. The van der Waals surface area contributed by atoms with Crippen molar-refractivity contribution in [1.29, 1.82) is 0 Å². The lowest BCUT2D eigenvalue weighted by Crippen LogP contribution is -2.38. The Kier molecular flexibility index (Phi) is 5.08. The molecule has 0 spiro atoms. The van der Waals surface area contributed by atoms with Gasteiger partial charge in [0.25, 0.3) is 5.91 Å². The van der Waals surface area contributed by atoms with E-state index in [0.29, 0.717) is 36.3 Å². The first-order valence-corrected chi connectivity index (χ1v) is 8.67. The van der Waals surface area contributed by atoms with E-state index in [4.69, 9.17) is 16.7 Å². The van der Waals surface area contributed by atoms with Crippen molar-refractivity contribution in [2.75, 3.05) is 0 Å². The summed E-state index contributed by atoms with van der Waals surface area (Å²) < 4.78 is 1.70. The average Bonchev–Trinajstić information content (AvgIpc) is 2.98. The molecule has 1 aliphatic rings. The first kappa shape index (κ1) is 17.5. The molecule has 0 saturated heterocycles. The number of hydrogen-bond donors (Lipinski definition) is 2. The monoisotopic (exact) mass is 361 g/mol. The number of carboxylic acids is 1. The number of carboxylic acid groups (broad SMARTS) is 1. The predicted octanol–water partition coefficient (Wildman–Crippen LogP) is 3.21. The minimum absolute atomic E-state index is 0.0152. The van der Waals surface area contributed by atoms with E-state index in [1.807, 2.05) is 19.1 Å². The van der Waals surface area contributed by atoms with Gasteiger partial charge in [0.15, 0.2) is 0 Å². The average molecular weight is 362 g/mol. The van der Waals surface area contributed by atoms with Gasteiger partial charge in [-0.1, -0.05) is 11.6 Å². The Balaban J connectivity index is 1.67. The van der Waals surface area contributed by atoms with Crippen LogP contribution in [0.3, 0.4) is 0 Å². The van der Waals surface area contributed by atoms with Crippen molar-refractivity contribution in [3.63, 3.8) is 0 Å². The van der Waals surface area contributed by atoms with Crippen LogP contribution >= 0.6 is 11.6 Å². The topological polar surface area (TPSA) is 84.2 Å². The summed E-state index contributed by atoms with van der Waals surface area (Å²) in [6.07, 6.45) is 4.13. The molecule has 1 aromatic carbocycles. The SMILES string of the molecule is Cc1c(C(=O)NC2CCC(C(=O)O)CC2)cnn1-c1ccc(Cl)cc1. The number of carbonyl (C=O) groups excluding carboxylic acids is 1. The van der Waals surface area contributed by atoms with Gasteiger partial charge in [-0.3, -0.25) is 9.59 Å². The third-order valence-electron chi connectivity index (χ3n) is 4.74. The van der Waals surface area contributed by atoms with Crippen LogP contribution in [0, 0.1) is 12.8 Å². The second-order valence-corrected chi connectivity index (χ2v) is 6.83. The van der Waals surface area contributed by atoms with Gasteiger partial charge in [-0.05, 0) is 56.9 Å². The molecule has 0 aliphatic heterocycles. The molecular formula is C18H20ClN3O3. The maximum atomic E-state index is 12.5. The Hall–Kier alpha value is -2.34. The summed E-state index contributed by atoms with van der Waals surface area (Å²) >= 11 is 5.90. The minimum atomic E-state index is -0.745. The van der Waals surface area contributed by atoms with Crippen LogP contribution in [0.2, 0.25) is 5.02 Å². The molecule has 3 rings (SSSR count). The number of hydrogen-bond acceptors (Lipinski definition) is 3. The first-order chi connectivity index (χ1) is 12.0. The maximum absolute atomic E-state index is 12.5. The highest BCUT2D eigenvalue weighted by molar-refractivity contribution is 6.30. The molecule has 1 fully saturated rings. The molecule has 1 saturated carbocycles. The lowest BCUT2D eigenvalue weighted by atomic mass is 9.86. The van der Waals surface area contributed by atoms with E-state index in [2.05, 4.69) is 10.4 Å². The summed E-state index contributed by atoms with van der Waals surface area (Å²) in [5.41, 5.74) is 2.11. The number of benzene rings is 1. The molecule has 0 radical (unpaired) electrons. The second kappa shape index (κ2) is 7.27. The molecule has 0 atom stereocenters. The molecular weight excluding hydrogens is 342 g/mol. The summed E-state index contributed by atoms with van der Waals surface area (Å²) in [6, 6.07) is 7.26. The van der Waals surface area contributed by atoms with E-state index in [-0.39, 0.29) is 17.9 Å². The van der Waals surface area contributed by atoms with Gasteiger partial charge < -0.3 is 10.4 Å². The zero-order valence-electron chi connectivity index (χ0n) is 13.9. The van der Waals surface area contributed by atoms with E-state index in [0.717, 1.165) is 11.4 Å². The number of rotatable bonds is 4. The highest BCUT2D eigenvalue weighted by Crippen LogP contribution is 2.25. The Morgan fingerprint density at radius 2 is 1.84 bits per heavy atom. The number of halogens is 1. The van der Waals surface area contributed by atoms with E-state index in [1.54, 1.807) is 23.0 Å². The van der Waals surface area contributed by atoms with E-state index in [9.17, 15) is 9.59 Å². The van der Waals surface area contributed by atoms with Crippen molar-refractivity contribution < 1.29 is 14.7 Å². The van der Waals surface area contributed by atoms with Crippen LogP contribution in [-0.4, -0.2) is 32.8 Å². The lowest BCUT2D eigenvalue weighted by Gasteiger charge is -2.26. The van der Waals surface area contributed by atoms with E-state index in [1.165, 1.54) is 0 Å². The molecule has 1 aliphatic carbocycles. The predicted molar refractivity (Wildman–Crippen MR) is 94.2 cm³/mol. The molecule has 7 heteroatoms. The number of carbonyl (C=O) groups is 2. The molecule has 2 N–H and O–H groups in total. The van der Waals surface area contributed by atoms with Crippen LogP contribution in [0.25, 0.3) is 5.69 Å². The summed E-state index contributed by atoms with van der Waals surface area (Å²) in [7, 11) is 0. The number of nitrogens with one attached hydrogen (secondary N) is 1. The molecule has 1 heterocycles. The molecule has 0 unspecified atom stereocenters. The summed E-state index contributed by atoms with van der Waals surface area (Å²) in [4.78, 5) is 23.5. The first-order valence-electron chi connectivity index (χ1n) is 8.30. The number of nitrogens with zero attached hydrogens (tertiary/aromatic N) is 2. The standard InChI is InChI=1S/C18H20ClN3O3/c1-11-16(10-20-22(11)15-8-4-13(19)5-9-15)17(23)21-14-6-2-12(3-7-14)18(24)25/h4-5,8-10,12,14H,2-3,6-7H2,1H3,(H,21,23)(H,24,25). The smallest absolute Gasteiger partial charge is 0.306 e. The summed E-state index contributed by atoms with van der Waals surface area (Å²) in [5, 5.41) is 17.0. The molecule has 132 valence electrons. The quantitative estimate of drug-likeness (QED) is 0.875. The van der Waals surface area contributed by atoms with Crippen molar-refractivity contribution in [3.8, 4) is 5.69 Å². The zero-order chi connectivity index (χ0) is 18.0. The second-order valence-electron chi connectivity index (χ2n) is 6.39. The van der Waals surface area contributed by atoms with Crippen LogP contribution < -0.4 is 5.32 Å². The van der Waals surface area contributed by atoms with Crippen LogP contribution in [-0.2, 0) is 4.79 Å². The maximum Gasteiger partial charge on any atom is 0.306 e.